The minimum atomic E-state index is 0.372. The molecule has 100 valence electrons. The van der Waals surface area contributed by atoms with Crippen molar-refractivity contribution in [3.63, 3.8) is 0 Å². The number of nitrogens with zero attached hydrogens (tertiary/aromatic N) is 1. The van der Waals surface area contributed by atoms with Gasteiger partial charge in [-0.3, -0.25) is 0 Å². The molecule has 1 saturated heterocycles. The Kier molecular flexibility index (Phi) is 4.35. The molecule has 0 aromatic heterocycles. The van der Waals surface area contributed by atoms with Gasteiger partial charge in [0.05, 0.1) is 24.6 Å². The fourth-order valence-corrected chi connectivity index (χ4v) is 2.77. The second kappa shape index (κ2) is 5.80. The third kappa shape index (κ3) is 2.72. The Morgan fingerprint density at radius 3 is 2.50 bits per heavy atom. The Hall–Kier alpha value is -0.940. The average molecular weight is 315 g/mol. The predicted molar refractivity (Wildman–Crippen MR) is 77.4 cm³/mol. The average Bonchev–Trinajstić information content (AvgIpc) is 2.41. The normalized spacial score (nSPS) is 16.9. The second-order valence-corrected chi connectivity index (χ2v) is 5.38. The molecule has 0 saturated carbocycles. The maximum atomic E-state index is 6.14. The van der Waals surface area contributed by atoms with Crippen LogP contribution in [0.15, 0.2) is 16.6 Å². The molecule has 5 heteroatoms. The Labute approximate surface area is 116 Å². The highest BCUT2D eigenvalue weighted by Crippen LogP contribution is 2.37. The van der Waals surface area contributed by atoms with Gasteiger partial charge >= 0.3 is 0 Å². The standard InChI is InChI=1S/C13H19BrN2O2/c1-17-10-3-5-16(6-4-10)11-7-9(14)8-12(18-2)13(11)15/h7-8,10H,3-6,15H2,1-2H3. The monoisotopic (exact) mass is 314 g/mol. The van der Waals surface area contributed by atoms with Crippen LogP contribution in [0, 0.1) is 0 Å². The van der Waals surface area contributed by atoms with Crippen molar-refractivity contribution in [1.82, 2.24) is 0 Å². The lowest BCUT2D eigenvalue weighted by Gasteiger charge is -2.34. The van der Waals surface area contributed by atoms with Gasteiger partial charge in [0.1, 0.15) is 5.75 Å². The molecule has 0 atom stereocenters. The Morgan fingerprint density at radius 2 is 1.94 bits per heavy atom. The van der Waals surface area contributed by atoms with Crippen LogP contribution in [0.2, 0.25) is 0 Å². The molecule has 0 unspecified atom stereocenters. The number of methoxy groups -OCH3 is 2. The van der Waals surface area contributed by atoms with Gasteiger partial charge in [-0.1, -0.05) is 15.9 Å². The van der Waals surface area contributed by atoms with E-state index in [1.807, 2.05) is 12.1 Å². The van der Waals surface area contributed by atoms with E-state index in [9.17, 15) is 0 Å². The van der Waals surface area contributed by atoms with Crippen LogP contribution in [0.25, 0.3) is 0 Å². The summed E-state index contributed by atoms with van der Waals surface area (Å²) < 4.78 is 11.7. The third-order valence-corrected chi connectivity index (χ3v) is 3.88. The summed E-state index contributed by atoms with van der Waals surface area (Å²) >= 11 is 3.49. The number of rotatable bonds is 3. The van der Waals surface area contributed by atoms with E-state index in [-0.39, 0.29) is 0 Å². The van der Waals surface area contributed by atoms with Crippen molar-refractivity contribution in [2.24, 2.45) is 0 Å². The number of ether oxygens (including phenoxy) is 2. The summed E-state index contributed by atoms with van der Waals surface area (Å²) in [5, 5.41) is 0. The van der Waals surface area contributed by atoms with Gasteiger partial charge in [0, 0.05) is 24.7 Å². The van der Waals surface area contributed by atoms with Crippen LogP contribution in [0.5, 0.6) is 5.75 Å². The van der Waals surface area contributed by atoms with Crippen LogP contribution in [-0.4, -0.2) is 33.4 Å². The highest BCUT2D eigenvalue weighted by Gasteiger charge is 2.21. The molecule has 2 N–H and O–H groups in total. The largest absolute Gasteiger partial charge is 0.494 e. The Bertz CT molecular complexity index is 418. The van der Waals surface area contributed by atoms with Crippen LogP contribution < -0.4 is 15.4 Å². The zero-order valence-electron chi connectivity index (χ0n) is 10.8. The zero-order valence-corrected chi connectivity index (χ0v) is 12.4. The van der Waals surface area contributed by atoms with Gasteiger partial charge in [0.15, 0.2) is 0 Å². The molecule has 0 bridgehead atoms. The highest BCUT2D eigenvalue weighted by atomic mass is 79.9. The lowest BCUT2D eigenvalue weighted by Crippen LogP contribution is -2.37. The van der Waals surface area contributed by atoms with E-state index in [2.05, 4.69) is 20.8 Å². The lowest BCUT2D eigenvalue weighted by atomic mass is 10.1. The first-order valence-corrected chi connectivity index (χ1v) is 6.85. The van der Waals surface area contributed by atoms with Crippen molar-refractivity contribution in [1.29, 1.82) is 0 Å². The number of hydrogen-bond acceptors (Lipinski definition) is 4. The molecule has 1 aliphatic heterocycles. The molecule has 1 aromatic carbocycles. The molecule has 1 aromatic rings. The first-order chi connectivity index (χ1) is 8.65. The smallest absolute Gasteiger partial charge is 0.145 e. The second-order valence-electron chi connectivity index (χ2n) is 4.46. The molecule has 1 heterocycles. The first kappa shape index (κ1) is 13.5. The van der Waals surface area contributed by atoms with E-state index >= 15 is 0 Å². The third-order valence-electron chi connectivity index (χ3n) is 3.42. The molecule has 0 aliphatic carbocycles. The molecule has 0 spiro atoms. The van der Waals surface area contributed by atoms with E-state index in [4.69, 9.17) is 15.2 Å². The highest BCUT2D eigenvalue weighted by molar-refractivity contribution is 9.10. The van der Waals surface area contributed by atoms with Gasteiger partial charge in [-0.2, -0.15) is 0 Å². The summed E-state index contributed by atoms with van der Waals surface area (Å²) in [4.78, 5) is 2.29. The number of benzene rings is 1. The summed E-state index contributed by atoms with van der Waals surface area (Å²) in [5.74, 6) is 0.716. The van der Waals surface area contributed by atoms with Crippen molar-refractivity contribution in [3.8, 4) is 5.75 Å². The molecular weight excluding hydrogens is 296 g/mol. The molecule has 0 amide bonds. The van der Waals surface area contributed by atoms with Gasteiger partial charge in [0.2, 0.25) is 0 Å². The van der Waals surface area contributed by atoms with E-state index in [1.165, 1.54) is 0 Å². The molecule has 2 rings (SSSR count). The number of anilines is 2. The number of piperidine rings is 1. The van der Waals surface area contributed by atoms with Gasteiger partial charge in [0.25, 0.3) is 0 Å². The molecular formula is C13H19BrN2O2. The number of halogens is 1. The van der Waals surface area contributed by atoms with Gasteiger partial charge < -0.3 is 20.1 Å². The fraction of sp³-hybridized carbons (Fsp3) is 0.538. The number of hydrogen-bond donors (Lipinski definition) is 1. The maximum absolute atomic E-state index is 6.14. The minimum Gasteiger partial charge on any atom is -0.494 e. The molecule has 4 nitrogen and oxygen atoms in total. The fourth-order valence-electron chi connectivity index (χ4n) is 2.34. The predicted octanol–water partition coefficient (Wildman–Crippen LogP) is 2.66. The van der Waals surface area contributed by atoms with Crippen LogP contribution >= 0.6 is 15.9 Å². The maximum Gasteiger partial charge on any atom is 0.145 e. The van der Waals surface area contributed by atoms with E-state index in [0.717, 1.165) is 36.1 Å². The van der Waals surface area contributed by atoms with E-state index in [1.54, 1.807) is 14.2 Å². The quantitative estimate of drug-likeness (QED) is 0.871. The van der Waals surface area contributed by atoms with Gasteiger partial charge in [-0.15, -0.1) is 0 Å². The van der Waals surface area contributed by atoms with Crippen molar-refractivity contribution in [2.45, 2.75) is 18.9 Å². The first-order valence-electron chi connectivity index (χ1n) is 6.06. The Morgan fingerprint density at radius 1 is 1.28 bits per heavy atom. The summed E-state index contributed by atoms with van der Waals surface area (Å²) in [6, 6.07) is 3.94. The van der Waals surface area contributed by atoms with Crippen LogP contribution in [0.3, 0.4) is 0 Å². The van der Waals surface area contributed by atoms with Crippen LogP contribution in [0.1, 0.15) is 12.8 Å². The van der Waals surface area contributed by atoms with Crippen molar-refractivity contribution >= 4 is 27.3 Å². The Balaban J connectivity index is 2.21. The van der Waals surface area contributed by atoms with Crippen LogP contribution in [0.4, 0.5) is 11.4 Å². The van der Waals surface area contributed by atoms with E-state index < -0.39 is 0 Å². The summed E-state index contributed by atoms with van der Waals surface area (Å²) in [7, 11) is 3.41. The van der Waals surface area contributed by atoms with Crippen molar-refractivity contribution < 1.29 is 9.47 Å². The SMILES string of the molecule is COc1cc(Br)cc(N2CCC(OC)CC2)c1N. The lowest BCUT2D eigenvalue weighted by molar-refractivity contribution is 0.0819. The number of nitrogen functional groups attached to an aromatic ring is 1. The van der Waals surface area contributed by atoms with Crippen molar-refractivity contribution in [2.75, 3.05) is 37.9 Å². The molecule has 1 aliphatic rings. The minimum absolute atomic E-state index is 0.372. The number of nitrogens with two attached hydrogens (primary N) is 1. The molecule has 18 heavy (non-hydrogen) atoms. The summed E-state index contributed by atoms with van der Waals surface area (Å²) in [5.41, 5.74) is 7.88. The topological polar surface area (TPSA) is 47.7 Å². The van der Waals surface area contributed by atoms with Crippen LogP contribution in [-0.2, 0) is 4.74 Å². The zero-order chi connectivity index (χ0) is 13.1. The molecule has 1 fully saturated rings. The molecule has 0 radical (unpaired) electrons. The summed E-state index contributed by atoms with van der Waals surface area (Å²) in [6.45, 7) is 1.92. The summed E-state index contributed by atoms with van der Waals surface area (Å²) in [6.07, 6.45) is 2.44. The van der Waals surface area contributed by atoms with Gasteiger partial charge in [-0.05, 0) is 25.0 Å². The van der Waals surface area contributed by atoms with Crippen molar-refractivity contribution in [3.05, 3.63) is 16.6 Å². The van der Waals surface area contributed by atoms with E-state index in [0.29, 0.717) is 17.5 Å². The van der Waals surface area contributed by atoms with Gasteiger partial charge in [-0.25, -0.2) is 0 Å².